The molecule has 0 atom stereocenters. The lowest BCUT2D eigenvalue weighted by molar-refractivity contribution is -0.122. The van der Waals surface area contributed by atoms with E-state index in [1.54, 1.807) is 24.3 Å². The fourth-order valence-corrected chi connectivity index (χ4v) is 3.69. The molecule has 36 heavy (non-hydrogen) atoms. The van der Waals surface area contributed by atoms with Gasteiger partial charge in [-0.15, -0.1) is 0 Å². The van der Waals surface area contributed by atoms with E-state index in [4.69, 9.17) is 16.3 Å². The van der Waals surface area contributed by atoms with Crippen LogP contribution in [0.5, 0.6) is 5.75 Å². The van der Waals surface area contributed by atoms with Crippen LogP contribution in [0.15, 0.2) is 72.3 Å². The van der Waals surface area contributed by atoms with Crippen molar-refractivity contribution < 1.29 is 23.9 Å². The number of urea groups is 1. The zero-order valence-corrected chi connectivity index (χ0v) is 20.3. The quantitative estimate of drug-likeness (QED) is 0.376. The fraction of sp³-hybridized carbons (Fsp3) is 0.111. The van der Waals surface area contributed by atoms with Crippen LogP contribution in [0.3, 0.4) is 0 Å². The van der Waals surface area contributed by atoms with Gasteiger partial charge in [0.2, 0.25) is 0 Å². The molecule has 8 nitrogen and oxygen atoms in total. The lowest BCUT2D eigenvalue weighted by Crippen LogP contribution is -2.54. The molecule has 0 bridgehead atoms. The molecule has 0 spiro atoms. The Morgan fingerprint density at radius 1 is 1.03 bits per heavy atom. The molecular weight excluding hydrogens is 482 g/mol. The Labute approximate surface area is 212 Å². The number of rotatable bonds is 6. The van der Waals surface area contributed by atoms with Crippen LogP contribution in [0.2, 0.25) is 5.02 Å². The summed E-state index contributed by atoms with van der Waals surface area (Å²) in [6.07, 6.45) is 1.36. The Balaban J connectivity index is 1.48. The number of anilines is 2. The molecule has 182 valence electrons. The number of hydrogen-bond donors (Lipinski definition) is 2. The average molecular weight is 504 g/mol. The van der Waals surface area contributed by atoms with Crippen LogP contribution >= 0.6 is 11.6 Å². The van der Waals surface area contributed by atoms with Gasteiger partial charge in [0.1, 0.15) is 11.3 Å². The maximum Gasteiger partial charge on any atom is 0.335 e. The lowest BCUT2D eigenvalue weighted by Gasteiger charge is -2.26. The zero-order valence-electron chi connectivity index (χ0n) is 19.5. The second-order valence-corrected chi connectivity index (χ2v) is 8.53. The second-order valence-electron chi connectivity index (χ2n) is 8.09. The number of imide groups is 2. The molecule has 3 aromatic carbocycles. The minimum Gasteiger partial charge on any atom is -0.484 e. The molecule has 0 aromatic heterocycles. The van der Waals surface area contributed by atoms with E-state index in [-0.39, 0.29) is 23.8 Å². The van der Waals surface area contributed by atoms with E-state index in [2.05, 4.69) is 10.6 Å². The van der Waals surface area contributed by atoms with Crippen LogP contribution in [0.25, 0.3) is 6.08 Å². The van der Waals surface area contributed by atoms with Gasteiger partial charge >= 0.3 is 6.03 Å². The molecular formula is C27H22ClN3O5. The maximum absolute atomic E-state index is 13.0. The highest BCUT2D eigenvalue weighted by molar-refractivity contribution is 6.39. The smallest absolute Gasteiger partial charge is 0.335 e. The molecule has 1 aliphatic rings. The van der Waals surface area contributed by atoms with Gasteiger partial charge in [0.25, 0.3) is 17.7 Å². The van der Waals surface area contributed by atoms with Gasteiger partial charge in [-0.3, -0.25) is 19.7 Å². The van der Waals surface area contributed by atoms with E-state index in [9.17, 15) is 19.2 Å². The number of nitrogens with one attached hydrogen (secondary N) is 2. The van der Waals surface area contributed by atoms with Crippen molar-refractivity contribution in [2.45, 2.75) is 13.8 Å². The van der Waals surface area contributed by atoms with Crippen molar-refractivity contribution in [1.82, 2.24) is 5.32 Å². The van der Waals surface area contributed by atoms with E-state index in [1.165, 1.54) is 30.3 Å². The lowest BCUT2D eigenvalue weighted by atomic mass is 10.1. The highest BCUT2D eigenvalue weighted by Crippen LogP contribution is 2.24. The number of amides is 5. The van der Waals surface area contributed by atoms with Gasteiger partial charge < -0.3 is 10.1 Å². The molecule has 3 aromatic rings. The van der Waals surface area contributed by atoms with E-state index < -0.39 is 17.8 Å². The predicted octanol–water partition coefficient (Wildman–Crippen LogP) is 4.64. The summed E-state index contributed by atoms with van der Waals surface area (Å²) in [7, 11) is 0. The number of ether oxygens (including phenoxy) is 1. The molecule has 1 aliphatic heterocycles. The van der Waals surface area contributed by atoms with Gasteiger partial charge in [-0.1, -0.05) is 35.9 Å². The van der Waals surface area contributed by atoms with E-state index in [0.29, 0.717) is 22.0 Å². The summed E-state index contributed by atoms with van der Waals surface area (Å²) >= 11 is 5.89. The first kappa shape index (κ1) is 24.7. The third-order valence-electron chi connectivity index (χ3n) is 5.60. The third-order valence-corrected chi connectivity index (χ3v) is 5.86. The number of benzene rings is 3. The van der Waals surface area contributed by atoms with Gasteiger partial charge in [0.15, 0.2) is 6.61 Å². The summed E-state index contributed by atoms with van der Waals surface area (Å²) in [6.45, 7) is 3.65. The first-order valence-electron chi connectivity index (χ1n) is 11.0. The van der Waals surface area contributed by atoms with E-state index in [1.807, 2.05) is 32.0 Å². The number of aryl methyl sites for hydroxylation is 1. The van der Waals surface area contributed by atoms with Crippen LogP contribution < -0.4 is 20.3 Å². The number of nitrogens with zero attached hydrogens (tertiary/aromatic N) is 1. The molecule has 1 heterocycles. The topological polar surface area (TPSA) is 105 Å². The summed E-state index contributed by atoms with van der Waals surface area (Å²) in [5.74, 6) is -1.54. The Hall–Kier alpha value is -4.43. The zero-order chi connectivity index (χ0) is 25.8. The highest BCUT2D eigenvalue weighted by Gasteiger charge is 2.36. The summed E-state index contributed by atoms with van der Waals surface area (Å²) in [5.41, 5.74) is 3.27. The summed E-state index contributed by atoms with van der Waals surface area (Å²) in [6, 6.07) is 17.4. The molecule has 5 amide bonds. The van der Waals surface area contributed by atoms with Gasteiger partial charge in [0.05, 0.1) is 5.69 Å². The molecule has 4 rings (SSSR count). The molecule has 0 radical (unpaired) electrons. The number of barbiturate groups is 1. The molecule has 0 saturated carbocycles. The number of carbonyl (C=O) groups excluding carboxylic acids is 4. The van der Waals surface area contributed by atoms with Crippen LogP contribution in [0.4, 0.5) is 16.2 Å². The standard InChI is InChI=1S/C27H22ClN3O5/c1-16-5-3-8-23(17(16)2)29-24(32)15-36-21-7-4-6-18(13-21)14-22-25(33)30-27(35)31(26(22)34)20-11-9-19(28)10-12-20/h3-14H,15H2,1-2H3,(H,29,32)(H,30,33,35)/b22-14-. The van der Waals surface area contributed by atoms with Gasteiger partial charge in [-0.05, 0) is 79.1 Å². The molecule has 1 saturated heterocycles. The SMILES string of the molecule is Cc1cccc(NC(=O)COc2cccc(/C=C3/C(=O)NC(=O)N(c4ccc(Cl)cc4)C3=O)c2)c1C. The van der Waals surface area contributed by atoms with E-state index >= 15 is 0 Å². The normalized spacial score (nSPS) is 14.6. The highest BCUT2D eigenvalue weighted by atomic mass is 35.5. The number of carbonyl (C=O) groups is 4. The van der Waals surface area contributed by atoms with Crippen LogP contribution in [-0.2, 0) is 14.4 Å². The maximum atomic E-state index is 13.0. The van der Waals surface area contributed by atoms with Crippen molar-refractivity contribution in [2.75, 3.05) is 16.8 Å². The van der Waals surface area contributed by atoms with Crippen molar-refractivity contribution >= 4 is 52.8 Å². The molecule has 0 aliphatic carbocycles. The van der Waals surface area contributed by atoms with Crippen molar-refractivity contribution in [3.63, 3.8) is 0 Å². The Bertz CT molecular complexity index is 1400. The van der Waals surface area contributed by atoms with E-state index in [0.717, 1.165) is 16.0 Å². The minimum atomic E-state index is -0.851. The number of halogens is 1. The first-order chi connectivity index (χ1) is 17.2. The van der Waals surface area contributed by atoms with Gasteiger partial charge in [-0.2, -0.15) is 0 Å². The Morgan fingerprint density at radius 3 is 2.50 bits per heavy atom. The molecule has 1 fully saturated rings. The number of hydrogen-bond acceptors (Lipinski definition) is 5. The monoisotopic (exact) mass is 503 g/mol. The van der Waals surface area contributed by atoms with Crippen molar-refractivity contribution in [3.8, 4) is 5.75 Å². The van der Waals surface area contributed by atoms with Crippen LogP contribution in [0.1, 0.15) is 16.7 Å². The van der Waals surface area contributed by atoms with Crippen LogP contribution in [-0.4, -0.2) is 30.4 Å². The van der Waals surface area contributed by atoms with Crippen molar-refractivity contribution in [3.05, 3.63) is 94.0 Å². The molecule has 2 N–H and O–H groups in total. The Kier molecular flexibility index (Phi) is 7.17. The summed E-state index contributed by atoms with van der Waals surface area (Å²) in [5, 5.41) is 5.43. The van der Waals surface area contributed by atoms with Crippen LogP contribution in [0, 0.1) is 13.8 Å². The first-order valence-corrected chi connectivity index (χ1v) is 11.4. The largest absolute Gasteiger partial charge is 0.484 e. The fourth-order valence-electron chi connectivity index (χ4n) is 3.56. The predicted molar refractivity (Wildman–Crippen MR) is 137 cm³/mol. The Morgan fingerprint density at radius 2 is 1.75 bits per heavy atom. The molecule has 9 heteroatoms. The summed E-state index contributed by atoms with van der Waals surface area (Å²) in [4.78, 5) is 51.0. The van der Waals surface area contributed by atoms with Crippen molar-refractivity contribution in [1.29, 1.82) is 0 Å². The summed E-state index contributed by atoms with van der Waals surface area (Å²) < 4.78 is 5.61. The van der Waals surface area contributed by atoms with Crippen molar-refractivity contribution in [2.24, 2.45) is 0 Å². The van der Waals surface area contributed by atoms with Gasteiger partial charge in [-0.25, -0.2) is 9.69 Å². The molecule has 0 unspecified atom stereocenters. The minimum absolute atomic E-state index is 0.227. The second kappa shape index (κ2) is 10.5. The average Bonchev–Trinajstić information content (AvgIpc) is 2.85. The van der Waals surface area contributed by atoms with Gasteiger partial charge in [0, 0.05) is 10.7 Å². The third kappa shape index (κ3) is 5.45.